The summed E-state index contributed by atoms with van der Waals surface area (Å²) in [6, 6.07) is 18.5. The molecule has 3 aromatic carbocycles. The van der Waals surface area contributed by atoms with Gasteiger partial charge in [0, 0.05) is 17.7 Å². The van der Waals surface area contributed by atoms with E-state index in [2.05, 4.69) is 0 Å². The van der Waals surface area contributed by atoms with E-state index in [0.717, 1.165) is 11.1 Å². The van der Waals surface area contributed by atoms with Gasteiger partial charge in [-0.2, -0.15) is 0 Å². The first-order chi connectivity index (χ1) is 15.0. The molecule has 1 amide bonds. The van der Waals surface area contributed by atoms with Crippen molar-refractivity contribution in [1.82, 2.24) is 4.90 Å². The number of carbonyl (C=O) groups is 1. The number of hydrogen-bond donors (Lipinski definition) is 1. The van der Waals surface area contributed by atoms with E-state index < -0.39 is 17.8 Å². The molecule has 1 atom stereocenters. The van der Waals surface area contributed by atoms with Gasteiger partial charge in [-0.1, -0.05) is 54.1 Å². The summed E-state index contributed by atoms with van der Waals surface area (Å²) in [6.07, 6.45) is 0. The maximum absolute atomic E-state index is 14.9. The third-order valence-electron chi connectivity index (χ3n) is 5.66. The highest BCUT2D eigenvalue weighted by Gasteiger charge is 2.42. The van der Waals surface area contributed by atoms with Crippen LogP contribution in [0, 0.1) is 12.7 Å². The first-order valence-corrected chi connectivity index (χ1v) is 9.97. The second-order valence-corrected chi connectivity index (χ2v) is 7.67. The smallest absolute Gasteiger partial charge is 0.290 e. The number of amides is 1. The van der Waals surface area contributed by atoms with Crippen molar-refractivity contribution in [2.45, 2.75) is 19.5 Å². The molecule has 2 aliphatic rings. The van der Waals surface area contributed by atoms with Gasteiger partial charge in [-0.15, -0.1) is 0 Å². The molecular formula is C25H20FNO4. The number of ether oxygens (including phenoxy) is 2. The molecule has 0 spiro atoms. The Bertz CT molecular complexity index is 1200. The second kappa shape index (κ2) is 7.47. The molecule has 0 fully saturated rings. The Morgan fingerprint density at radius 3 is 2.55 bits per heavy atom. The average Bonchev–Trinajstić information content (AvgIpc) is 3.33. The van der Waals surface area contributed by atoms with Crippen LogP contribution in [0.2, 0.25) is 0 Å². The number of rotatable bonds is 4. The van der Waals surface area contributed by atoms with Gasteiger partial charge in [0.05, 0.1) is 6.04 Å². The van der Waals surface area contributed by atoms with Crippen molar-refractivity contribution in [2.24, 2.45) is 0 Å². The number of benzene rings is 3. The molecule has 0 saturated heterocycles. The predicted octanol–water partition coefficient (Wildman–Crippen LogP) is 4.92. The van der Waals surface area contributed by atoms with E-state index in [9.17, 15) is 14.3 Å². The van der Waals surface area contributed by atoms with Gasteiger partial charge in [-0.3, -0.25) is 4.79 Å². The minimum atomic E-state index is -0.762. The number of carbonyl (C=O) groups excluding carboxylic acids is 1. The summed E-state index contributed by atoms with van der Waals surface area (Å²) in [5.41, 5.74) is 3.25. The fraction of sp³-hybridized carbons (Fsp3) is 0.160. The van der Waals surface area contributed by atoms with Crippen molar-refractivity contribution >= 4 is 11.5 Å². The summed E-state index contributed by atoms with van der Waals surface area (Å²) < 4.78 is 25.7. The summed E-state index contributed by atoms with van der Waals surface area (Å²) in [4.78, 5) is 14.6. The van der Waals surface area contributed by atoms with Gasteiger partial charge in [0.2, 0.25) is 6.79 Å². The van der Waals surface area contributed by atoms with E-state index in [1.807, 2.05) is 37.3 Å². The Hall–Kier alpha value is -3.80. The SMILES string of the molecule is Cc1ccc(C2=C(O)C(=O)N(Cc3ccc4c(c3)OCO4)[C@H]2c2ccccc2F)cc1. The molecule has 156 valence electrons. The van der Waals surface area contributed by atoms with Crippen LogP contribution >= 0.6 is 0 Å². The van der Waals surface area contributed by atoms with E-state index in [1.54, 1.807) is 30.3 Å². The highest BCUT2D eigenvalue weighted by molar-refractivity contribution is 6.05. The number of fused-ring (bicyclic) bond motifs is 1. The Morgan fingerprint density at radius 2 is 1.77 bits per heavy atom. The van der Waals surface area contributed by atoms with Gasteiger partial charge in [0.15, 0.2) is 17.3 Å². The Morgan fingerprint density at radius 1 is 1.03 bits per heavy atom. The zero-order valence-corrected chi connectivity index (χ0v) is 16.8. The molecule has 5 nitrogen and oxygen atoms in total. The Labute approximate surface area is 179 Å². The van der Waals surface area contributed by atoms with E-state index >= 15 is 0 Å². The number of aliphatic hydroxyl groups is 1. The summed E-state index contributed by atoms with van der Waals surface area (Å²) >= 11 is 0. The highest BCUT2D eigenvalue weighted by Crippen LogP contribution is 2.45. The van der Waals surface area contributed by atoms with Gasteiger partial charge in [-0.25, -0.2) is 4.39 Å². The normalized spacial score (nSPS) is 17.5. The van der Waals surface area contributed by atoms with Crippen molar-refractivity contribution in [2.75, 3.05) is 6.79 Å². The van der Waals surface area contributed by atoms with Gasteiger partial charge in [0.1, 0.15) is 5.82 Å². The minimum Gasteiger partial charge on any atom is -0.503 e. The molecule has 3 aromatic rings. The number of nitrogens with zero attached hydrogens (tertiary/aromatic N) is 1. The second-order valence-electron chi connectivity index (χ2n) is 7.67. The van der Waals surface area contributed by atoms with Crippen molar-refractivity contribution < 1.29 is 23.8 Å². The molecule has 6 heteroatoms. The van der Waals surface area contributed by atoms with Gasteiger partial charge < -0.3 is 19.5 Å². The van der Waals surface area contributed by atoms with Gasteiger partial charge in [0.25, 0.3) is 5.91 Å². The fourth-order valence-corrected chi connectivity index (χ4v) is 4.10. The third-order valence-corrected chi connectivity index (χ3v) is 5.66. The molecular weight excluding hydrogens is 397 g/mol. The van der Waals surface area contributed by atoms with Crippen LogP contribution in [0.3, 0.4) is 0 Å². The van der Waals surface area contributed by atoms with Crippen molar-refractivity contribution in [3.05, 3.63) is 101 Å². The summed E-state index contributed by atoms with van der Waals surface area (Å²) in [5, 5.41) is 10.8. The van der Waals surface area contributed by atoms with E-state index in [1.165, 1.54) is 11.0 Å². The molecule has 0 radical (unpaired) electrons. The molecule has 31 heavy (non-hydrogen) atoms. The van der Waals surface area contributed by atoms with Crippen LogP contribution in [0.15, 0.2) is 72.5 Å². The maximum atomic E-state index is 14.9. The summed E-state index contributed by atoms with van der Waals surface area (Å²) in [5.74, 6) is -0.0966. The molecule has 0 saturated carbocycles. The molecule has 2 aliphatic heterocycles. The molecule has 0 unspecified atom stereocenters. The lowest BCUT2D eigenvalue weighted by atomic mass is 9.92. The fourth-order valence-electron chi connectivity index (χ4n) is 4.10. The van der Waals surface area contributed by atoms with E-state index in [0.29, 0.717) is 28.2 Å². The van der Waals surface area contributed by atoms with Crippen LogP contribution in [-0.2, 0) is 11.3 Å². The van der Waals surface area contributed by atoms with Crippen LogP contribution < -0.4 is 9.47 Å². The molecule has 0 bridgehead atoms. The van der Waals surface area contributed by atoms with Crippen molar-refractivity contribution in [3.8, 4) is 11.5 Å². The molecule has 0 aliphatic carbocycles. The van der Waals surface area contributed by atoms with Crippen LogP contribution in [0.1, 0.15) is 28.3 Å². The molecule has 0 aromatic heterocycles. The topological polar surface area (TPSA) is 59.0 Å². The highest BCUT2D eigenvalue weighted by atomic mass is 19.1. The lowest BCUT2D eigenvalue weighted by Crippen LogP contribution is -2.30. The number of aryl methyl sites for hydroxylation is 1. The summed E-state index contributed by atoms with van der Waals surface area (Å²) in [7, 11) is 0. The van der Waals surface area contributed by atoms with Gasteiger partial charge >= 0.3 is 0 Å². The lowest BCUT2D eigenvalue weighted by Gasteiger charge is -2.28. The first-order valence-electron chi connectivity index (χ1n) is 9.97. The van der Waals surface area contributed by atoms with E-state index in [4.69, 9.17) is 9.47 Å². The largest absolute Gasteiger partial charge is 0.503 e. The van der Waals surface area contributed by atoms with Crippen LogP contribution in [-0.4, -0.2) is 22.7 Å². The van der Waals surface area contributed by atoms with Crippen LogP contribution in [0.5, 0.6) is 11.5 Å². The van der Waals surface area contributed by atoms with E-state index in [-0.39, 0.29) is 19.1 Å². The average molecular weight is 417 g/mol. The Balaban J connectivity index is 1.59. The van der Waals surface area contributed by atoms with Crippen LogP contribution in [0.4, 0.5) is 4.39 Å². The first kappa shape index (κ1) is 19.2. The lowest BCUT2D eigenvalue weighted by molar-refractivity contribution is -0.130. The monoisotopic (exact) mass is 417 g/mol. The third kappa shape index (κ3) is 3.30. The predicted molar refractivity (Wildman–Crippen MR) is 113 cm³/mol. The standard InChI is InChI=1S/C25H20FNO4/c1-15-6-9-17(10-7-15)22-23(18-4-2-3-5-19(18)26)27(25(29)24(22)28)13-16-8-11-20-21(12-16)31-14-30-20/h2-12,23,28H,13-14H2,1H3/t23-/m0/s1. The quantitative estimate of drug-likeness (QED) is 0.655. The van der Waals surface area contributed by atoms with Gasteiger partial charge in [-0.05, 0) is 36.2 Å². The van der Waals surface area contributed by atoms with Crippen molar-refractivity contribution in [3.63, 3.8) is 0 Å². The minimum absolute atomic E-state index is 0.152. The van der Waals surface area contributed by atoms with Crippen molar-refractivity contribution in [1.29, 1.82) is 0 Å². The molecule has 2 heterocycles. The Kier molecular flexibility index (Phi) is 4.62. The molecule has 5 rings (SSSR count). The zero-order valence-electron chi connectivity index (χ0n) is 16.8. The summed E-state index contributed by atoms with van der Waals surface area (Å²) in [6.45, 7) is 2.28. The zero-order chi connectivity index (χ0) is 21.5. The number of hydrogen-bond acceptors (Lipinski definition) is 4. The number of aliphatic hydroxyl groups excluding tert-OH is 1. The molecule has 1 N–H and O–H groups in total. The van der Waals surface area contributed by atoms with Crippen LogP contribution in [0.25, 0.3) is 5.57 Å². The maximum Gasteiger partial charge on any atom is 0.290 e. The number of halogens is 1.